The molecule has 0 aromatic carbocycles. The van der Waals surface area contributed by atoms with Gasteiger partial charge in [-0.3, -0.25) is 14.6 Å². The number of aromatic nitrogens is 1. The molecular weight excluding hydrogens is 290 g/mol. The zero-order valence-electron chi connectivity index (χ0n) is 13.9. The Bertz CT molecular complexity index is 575. The van der Waals surface area contributed by atoms with Gasteiger partial charge < -0.3 is 10.2 Å². The summed E-state index contributed by atoms with van der Waals surface area (Å²) in [6, 6.07) is 5.64. The van der Waals surface area contributed by atoms with Gasteiger partial charge >= 0.3 is 0 Å². The Morgan fingerprint density at radius 2 is 2.17 bits per heavy atom. The molecule has 1 aliphatic carbocycles. The number of nitrogens with one attached hydrogen (secondary N) is 1. The van der Waals surface area contributed by atoms with Gasteiger partial charge in [0.05, 0.1) is 11.7 Å². The first kappa shape index (κ1) is 16.0. The number of hydrogen-bond donors (Lipinski definition) is 1. The summed E-state index contributed by atoms with van der Waals surface area (Å²) in [6.07, 6.45) is 4.77. The SMILES string of the molecule is CC(=O)N[C@H](c1ccccn1)[C@@H]1CCCN(C(=O)[C@@H]2C[C@H]2C)C1. The molecule has 4 atom stereocenters. The standard InChI is InChI=1S/C18H25N3O2/c1-12-10-15(12)18(23)21-9-5-6-14(11-21)17(20-13(2)22)16-7-3-4-8-19-16/h3-4,7-8,12,14-15,17H,5-6,9-11H2,1-2H3,(H,20,22)/t12-,14-,15-,17+/m1/s1. The molecule has 1 aliphatic heterocycles. The van der Waals surface area contributed by atoms with E-state index in [-0.39, 0.29) is 23.8 Å². The van der Waals surface area contributed by atoms with Gasteiger partial charge in [0.25, 0.3) is 0 Å². The molecule has 3 rings (SSSR count). The van der Waals surface area contributed by atoms with E-state index in [1.807, 2.05) is 23.1 Å². The number of amides is 2. The monoisotopic (exact) mass is 315 g/mol. The van der Waals surface area contributed by atoms with Crippen molar-refractivity contribution in [2.24, 2.45) is 17.8 Å². The highest BCUT2D eigenvalue weighted by molar-refractivity contribution is 5.81. The minimum absolute atomic E-state index is 0.0556. The lowest BCUT2D eigenvalue weighted by molar-refractivity contribution is -0.135. The lowest BCUT2D eigenvalue weighted by atomic mass is 9.88. The summed E-state index contributed by atoms with van der Waals surface area (Å²) in [6.45, 7) is 5.22. The van der Waals surface area contributed by atoms with Crippen LogP contribution in [-0.4, -0.2) is 34.8 Å². The maximum absolute atomic E-state index is 12.5. The minimum atomic E-state index is -0.124. The van der Waals surface area contributed by atoms with E-state index in [4.69, 9.17) is 0 Å². The summed E-state index contributed by atoms with van der Waals surface area (Å²) < 4.78 is 0. The van der Waals surface area contributed by atoms with Crippen LogP contribution in [0.15, 0.2) is 24.4 Å². The first-order valence-electron chi connectivity index (χ1n) is 8.53. The van der Waals surface area contributed by atoms with Crippen molar-refractivity contribution in [2.75, 3.05) is 13.1 Å². The molecule has 2 heterocycles. The van der Waals surface area contributed by atoms with Gasteiger partial charge in [-0.15, -0.1) is 0 Å². The third-order valence-electron chi connectivity index (χ3n) is 5.03. The van der Waals surface area contributed by atoms with Crippen LogP contribution >= 0.6 is 0 Å². The van der Waals surface area contributed by atoms with Crippen LogP contribution in [0, 0.1) is 17.8 Å². The van der Waals surface area contributed by atoms with E-state index < -0.39 is 0 Å². The Morgan fingerprint density at radius 1 is 1.39 bits per heavy atom. The number of likely N-dealkylation sites (tertiary alicyclic amines) is 1. The fraction of sp³-hybridized carbons (Fsp3) is 0.611. The van der Waals surface area contributed by atoms with Gasteiger partial charge in [-0.1, -0.05) is 13.0 Å². The van der Waals surface area contributed by atoms with Crippen LogP contribution in [0.4, 0.5) is 0 Å². The van der Waals surface area contributed by atoms with Crippen LogP contribution in [0.25, 0.3) is 0 Å². The molecule has 124 valence electrons. The molecule has 1 aromatic rings. The van der Waals surface area contributed by atoms with Crippen LogP contribution in [0.1, 0.15) is 44.8 Å². The fourth-order valence-electron chi connectivity index (χ4n) is 3.60. The van der Waals surface area contributed by atoms with E-state index in [0.29, 0.717) is 18.4 Å². The van der Waals surface area contributed by atoms with Crippen molar-refractivity contribution in [1.29, 1.82) is 0 Å². The second-order valence-electron chi connectivity index (χ2n) is 6.94. The quantitative estimate of drug-likeness (QED) is 0.926. The van der Waals surface area contributed by atoms with Crippen molar-refractivity contribution in [1.82, 2.24) is 15.2 Å². The molecule has 1 aromatic heterocycles. The number of nitrogens with zero attached hydrogens (tertiary/aromatic N) is 2. The lowest BCUT2D eigenvalue weighted by Crippen LogP contribution is -2.45. The van der Waals surface area contributed by atoms with Crippen molar-refractivity contribution < 1.29 is 9.59 Å². The summed E-state index contributed by atoms with van der Waals surface area (Å²) in [7, 11) is 0. The third kappa shape index (κ3) is 3.71. The highest BCUT2D eigenvalue weighted by atomic mass is 16.2. The summed E-state index contributed by atoms with van der Waals surface area (Å²) in [5, 5.41) is 3.04. The largest absolute Gasteiger partial charge is 0.348 e. The van der Waals surface area contributed by atoms with Crippen molar-refractivity contribution >= 4 is 11.8 Å². The predicted molar refractivity (Wildman–Crippen MR) is 87.4 cm³/mol. The first-order valence-corrected chi connectivity index (χ1v) is 8.53. The minimum Gasteiger partial charge on any atom is -0.348 e. The number of rotatable bonds is 4. The highest BCUT2D eigenvalue weighted by Crippen LogP contribution is 2.40. The predicted octanol–water partition coefficient (Wildman–Crippen LogP) is 2.15. The second kappa shape index (κ2) is 6.69. The average molecular weight is 315 g/mol. The number of piperidine rings is 1. The van der Waals surface area contributed by atoms with Gasteiger partial charge in [0.1, 0.15) is 0 Å². The molecule has 1 saturated carbocycles. The highest BCUT2D eigenvalue weighted by Gasteiger charge is 2.43. The number of pyridine rings is 1. The van der Waals surface area contributed by atoms with Crippen LogP contribution < -0.4 is 5.32 Å². The molecule has 2 fully saturated rings. The van der Waals surface area contributed by atoms with Crippen molar-refractivity contribution in [3.63, 3.8) is 0 Å². The smallest absolute Gasteiger partial charge is 0.225 e. The zero-order chi connectivity index (χ0) is 16.4. The molecule has 23 heavy (non-hydrogen) atoms. The van der Waals surface area contributed by atoms with E-state index >= 15 is 0 Å². The van der Waals surface area contributed by atoms with Gasteiger partial charge in [0.15, 0.2) is 0 Å². The Labute approximate surface area is 137 Å². The third-order valence-corrected chi connectivity index (χ3v) is 5.03. The molecule has 2 aliphatic rings. The molecule has 5 nitrogen and oxygen atoms in total. The molecule has 0 radical (unpaired) electrons. The summed E-state index contributed by atoms with van der Waals surface area (Å²) in [5.74, 6) is 1.22. The van der Waals surface area contributed by atoms with Gasteiger partial charge in [-0.05, 0) is 37.3 Å². The lowest BCUT2D eigenvalue weighted by Gasteiger charge is -2.37. The molecule has 0 spiro atoms. The number of hydrogen-bond acceptors (Lipinski definition) is 3. The normalized spacial score (nSPS) is 28.1. The molecule has 0 bridgehead atoms. The molecule has 1 N–H and O–H groups in total. The first-order chi connectivity index (χ1) is 11.1. The Hall–Kier alpha value is -1.91. The van der Waals surface area contributed by atoms with Crippen LogP contribution in [0.3, 0.4) is 0 Å². The van der Waals surface area contributed by atoms with Gasteiger partial charge in [0, 0.05) is 38.0 Å². The van der Waals surface area contributed by atoms with Crippen LogP contribution in [0.2, 0.25) is 0 Å². The maximum Gasteiger partial charge on any atom is 0.225 e. The second-order valence-corrected chi connectivity index (χ2v) is 6.94. The van der Waals surface area contributed by atoms with E-state index in [1.165, 1.54) is 6.92 Å². The van der Waals surface area contributed by atoms with Crippen molar-refractivity contribution in [3.8, 4) is 0 Å². The van der Waals surface area contributed by atoms with Gasteiger partial charge in [0.2, 0.25) is 11.8 Å². The fourth-order valence-corrected chi connectivity index (χ4v) is 3.60. The summed E-state index contributed by atoms with van der Waals surface area (Å²) in [5.41, 5.74) is 0.877. The molecular formula is C18H25N3O2. The topological polar surface area (TPSA) is 62.3 Å². The van der Waals surface area contributed by atoms with E-state index in [1.54, 1.807) is 6.20 Å². The summed E-state index contributed by atoms with van der Waals surface area (Å²) >= 11 is 0. The van der Waals surface area contributed by atoms with Crippen LogP contribution in [0.5, 0.6) is 0 Å². The Kier molecular flexibility index (Phi) is 4.64. The number of carbonyl (C=O) groups excluding carboxylic acids is 2. The Balaban J connectivity index is 1.73. The van der Waals surface area contributed by atoms with E-state index in [2.05, 4.69) is 17.2 Å². The molecule has 2 amide bonds. The average Bonchev–Trinajstić information content (AvgIpc) is 3.29. The molecule has 0 unspecified atom stereocenters. The van der Waals surface area contributed by atoms with E-state index in [9.17, 15) is 9.59 Å². The molecule has 1 saturated heterocycles. The number of carbonyl (C=O) groups is 2. The Morgan fingerprint density at radius 3 is 2.78 bits per heavy atom. The zero-order valence-corrected chi connectivity index (χ0v) is 13.9. The van der Waals surface area contributed by atoms with Gasteiger partial charge in [-0.25, -0.2) is 0 Å². The van der Waals surface area contributed by atoms with Crippen molar-refractivity contribution in [2.45, 2.75) is 39.2 Å². The van der Waals surface area contributed by atoms with Gasteiger partial charge in [-0.2, -0.15) is 0 Å². The maximum atomic E-state index is 12.5. The van der Waals surface area contributed by atoms with Crippen molar-refractivity contribution in [3.05, 3.63) is 30.1 Å². The molecule has 5 heteroatoms. The van der Waals surface area contributed by atoms with E-state index in [0.717, 1.165) is 31.5 Å². The summed E-state index contributed by atoms with van der Waals surface area (Å²) in [4.78, 5) is 30.6. The van der Waals surface area contributed by atoms with Crippen LogP contribution in [-0.2, 0) is 9.59 Å².